The molecular formula is C16H19N3O. The third kappa shape index (κ3) is 2.90. The summed E-state index contributed by atoms with van der Waals surface area (Å²) >= 11 is 0. The highest BCUT2D eigenvalue weighted by Crippen LogP contribution is 2.14. The van der Waals surface area contributed by atoms with Crippen molar-refractivity contribution in [3.05, 3.63) is 58.4 Å². The minimum Gasteiger partial charge on any atom is -0.392 e. The van der Waals surface area contributed by atoms with E-state index in [0.29, 0.717) is 18.8 Å². The van der Waals surface area contributed by atoms with Gasteiger partial charge in [0.15, 0.2) is 0 Å². The van der Waals surface area contributed by atoms with E-state index in [1.54, 1.807) is 0 Å². The number of nitrogens with one attached hydrogen (secondary N) is 1. The van der Waals surface area contributed by atoms with Crippen LogP contribution in [0.1, 0.15) is 28.1 Å². The fourth-order valence-electron chi connectivity index (χ4n) is 2.26. The SMILES string of the molecule is Cc1c(CNCc2ccccc2CO)cc(C#N)n1C. The van der Waals surface area contributed by atoms with E-state index in [9.17, 15) is 5.11 Å². The number of rotatable bonds is 5. The summed E-state index contributed by atoms with van der Waals surface area (Å²) in [4.78, 5) is 0. The van der Waals surface area contributed by atoms with Crippen LogP contribution in [0.5, 0.6) is 0 Å². The number of aliphatic hydroxyl groups is 1. The highest BCUT2D eigenvalue weighted by Gasteiger charge is 2.08. The standard InChI is InChI=1S/C16H19N3O/c1-12-15(7-16(8-17)19(12)2)10-18-9-13-5-3-4-6-14(13)11-20/h3-7,18,20H,9-11H2,1-2H3. The Morgan fingerprint density at radius 2 is 1.85 bits per heavy atom. The molecule has 0 bridgehead atoms. The lowest BCUT2D eigenvalue weighted by molar-refractivity contribution is 0.280. The Balaban J connectivity index is 2.02. The lowest BCUT2D eigenvalue weighted by Gasteiger charge is -2.09. The van der Waals surface area contributed by atoms with Crippen LogP contribution < -0.4 is 5.32 Å². The van der Waals surface area contributed by atoms with E-state index in [2.05, 4.69) is 11.4 Å². The summed E-state index contributed by atoms with van der Waals surface area (Å²) < 4.78 is 1.90. The summed E-state index contributed by atoms with van der Waals surface area (Å²) in [7, 11) is 1.90. The Bertz CT molecular complexity index is 638. The largest absolute Gasteiger partial charge is 0.392 e. The van der Waals surface area contributed by atoms with Crippen LogP contribution in [-0.2, 0) is 26.7 Å². The molecule has 20 heavy (non-hydrogen) atoms. The molecule has 1 aromatic heterocycles. The molecule has 0 saturated carbocycles. The molecule has 0 spiro atoms. The van der Waals surface area contributed by atoms with Crippen molar-refractivity contribution in [2.45, 2.75) is 26.6 Å². The maximum atomic E-state index is 9.28. The maximum absolute atomic E-state index is 9.28. The van der Waals surface area contributed by atoms with E-state index in [1.807, 2.05) is 48.9 Å². The van der Waals surface area contributed by atoms with Crippen LogP contribution in [0.2, 0.25) is 0 Å². The van der Waals surface area contributed by atoms with E-state index in [-0.39, 0.29) is 6.61 Å². The molecule has 0 aliphatic rings. The molecule has 4 nitrogen and oxygen atoms in total. The van der Waals surface area contributed by atoms with Gasteiger partial charge in [0.25, 0.3) is 0 Å². The van der Waals surface area contributed by atoms with Crippen LogP contribution in [-0.4, -0.2) is 9.67 Å². The molecule has 1 heterocycles. The summed E-state index contributed by atoms with van der Waals surface area (Å²) in [5.41, 5.74) is 4.96. The Morgan fingerprint density at radius 1 is 1.20 bits per heavy atom. The first-order chi connectivity index (χ1) is 9.67. The van der Waals surface area contributed by atoms with E-state index >= 15 is 0 Å². The van der Waals surface area contributed by atoms with Crippen molar-refractivity contribution in [2.24, 2.45) is 7.05 Å². The number of benzene rings is 1. The van der Waals surface area contributed by atoms with Gasteiger partial charge in [-0.05, 0) is 29.7 Å². The number of aliphatic hydroxyl groups excluding tert-OH is 1. The minimum atomic E-state index is 0.0563. The molecule has 0 aliphatic heterocycles. The first-order valence-electron chi connectivity index (χ1n) is 6.61. The van der Waals surface area contributed by atoms with Gasteiger partial charge in [0, 0.05) is 25.8 Å². The second-order valence-electron chi connectivity index (χ2n) is 4.84. The summed E-state index contributed by atoms with van der Waals surface area (Å²) in [6.45, 7) is 3.48. The highest BCUT2D eigenvalue weighted by atomic mass is 16.3. The molecule has 104 valence electrons. The smallest absolute Gasteiger partial charge is 0.120 e. The Morgan fingerprint density at radius 3 is 2.45 bits per heavy atom. The first kappa shape index (κ1) is 14.3. The van der Waals surface area contributed by atoms with Crippen LogP contribution >= 0.6 is 0 Å². The van der Waals surface area contributed by atoms with Gasteiger partial charge < -0.3 is 15.0 Å². The van der Waals surface area contributed by atoms with Gasteiger partial charge in [-0.2, -0.15) is 5.26 Å². The number of nitrogens with zero attached hydrogens (tertiary/aromatic N) is 2. The molecule has 0 aliphatic carbocycles. The zero-order valence-electron chi connectivity index (χ0n) is 11.8. The van der Waals surface area contributed by atoms with Gasteiger partial charge in [-0.25, -0.2) is 0 Å². The van der Waals surface area contributed by atoms with Gasteiger partial charge in [-0.3, -0.25) is 0 Å². The first-order valence-corrected chi connectivity index (χ1v) is 6.61. The predicted octanol–water partition coefficient (Wildman–Crippen LogP) is 1.99. The fraction of sp³-hybridized carbons (Fsp3) is 0.312. The molecule has 0 atom stereocenters. The molecule has 0 unspecified atom stereocenters. The Labute approximate surface area is 119 Å². The molecule has 2 rings (SSSR count). The Hall–Kier alpha value is -2.09. The van der Waals surface area contributed by atoms with Crippen molar-refractivity contribution >= 4 is 0 Å². The van der Waals surface area contributed by atoms with Gasteiger partial charge in [-0.1, -0.05) is 24.3 Å². The van der Waals surface area contributed by atoms with Gasteiger partial charge in [0.1, 0.15) is 11.8 Å². The van der Waals surface area contributed by atoms with Gasteiger partial charge in [0.05, 0.1) is 6.61 Å². The average molecular weight is 269 g/mol. The molecule has 0 fully saturated rings. The molecule has 2 N–H and O–H groups in total. The van der Waals surface area contributed by atoms with E-state index in [0.717, 1.165) is 22.4 Å². The summed E-state index contributed by atoms with van der Waals surface area (Å²) in [6, 6.07) is 11.9. The van der Waals surface area contributed by atoms with E-state index in [4.69, 9.17) is 5.26 Å². The van der Waals surface area contributed by atoms with Gasteiger partial charge in [0.2, 0.25) is 0 Å². The highest BCUT2D eigenvalue weighted by molar-refractivity contribution is 5.34. The number of aromatic nitrogens is 1. The lowest BCUT2D eigenvalue weighted by Crippen LogP contribution is -2.14. The van der Waals surface area contributed by atoms with Crippen LogP contribution in [0.15, 0.2) is 30.3 Å². The van der Waals surface area contributed by atoms with Crippen LogP contribution in [0.25, 0.3) is 0 Å². The fourth-order valence-corrected chi connectivity index (χ4v) is 2.26. The lowest BCUT2D eigenvalue weighted by atomic mass is 10.1. The van der Waals surface area contributed by atoms with Crippen LogP contribution in [0.4, 0.5) is 0 Å². The zero-order valence-corrected chi connectivity index (χ0v) is 11.8. The molecule has 0 saturated heterocycles. The van der Waals surface area contributed by atoms with Crippen molar-refractivity contribution in [1.82, 2.24) is 9.88 Å². The number of nitriles is 1. The molecule has 0 radical (unpaired) electrons. The van der Waals surface area contributed by atoms with Crippen molar-refractivity contribution in [2.75, 3.05) is 0 Å². The zero-order chi connectivity index (χ0) is 14.5. The van der Waals surface area contributed by atoms with Crippen molar-refractivity contribution in [3.8, 4) is 6.07 Å². The summed E-state index contributed by atoms with van der Waals surface area (Å²) in [5.74, 6) is 0. The minimum absolute atomic E-state index is 0.0563. The molecule has 0 amide bonds. The topological polar surface area (TPSA) is 61.0 Å². The summed E-state index contributed by atoms with van der Waals surface area (Å²) in [6.07, 6.45) is 0. The number of hydrogen-bond acceptors (Lipinski definition) is 3. The molecular weight excluding hydrogens is 250 g/mol. The third-order valence-electron chi connectivity index (χ3n) is 3.67. The molecule has 2 aromatic rings. The monoisotopic (exact) mass is 269 g/mol. The quantitative estimate of drug-likeness (QED) is 0.872. The average Bonchev–Trinajstić information content (AvgIpc) is 2.75. The van der Waals surface area contributed by atoms with Gasteiger partial charge in [-0.15, -0.1) is 0 Å². The molecule has 4 heteroatoms. The number of hydrogen-bond donors (Lipinski definition) is 2. The van der Waals surface area contributed by atoms with Crippen molar-refractivity contribution in [3.63, 3.8) is 0 Å². The van der Waals surface area contributed by atoms with Crippen molar-refractivity contribution in [1.29, 1.82) is 5.26 Å². The van der Waals surface area contributed by atoms with E-state index < -0.39 is 0 Å². The van der Waals surface area contributed by atoms with E-state index in [1.165, 1.54) is 0 Å². The maximum Gasteiger partial charge on any atom is 0.120 e. The van der Waals surface area contributed by atoms with Crippen LogP contribution in [0.3, 0.4) is 0 Å². The second kappa shape index (κ2) is 6.38. The third-order valence-corrected chi connectivity index (χ3v) is 3.67. The van der Waals surface area contributed by atoms with Gasteiger partial charge >= 0.3 is 0 Å². The Kier molecular flexibility index (Phi) is 4.57. The second-order valence-corrected chi connectivity index (χ2v) is 4.84. The normalized spacial score (nSPS) is 10.5. The molecule has 1 aromatic carbocycles. The van der Waals surface area contributed by atoms with Crippen molar-refractivity contribution < 1.29 is 5.11 Å². The van der Waals surface area contributed by atoms with Crippen LogP contribution in [0, 0.1) is 18.3 Å². The summed E-state index contributed by atoms with van der Waals surface area (Å²) in [5, 5.41) is 21.7. The predicted molar refractivity (Wildman–Crippen MR) is 77.8 cm³/mol.